The average molecular weight is 990 g/mol. The van der Waals surface area contributed by atoms with E-state index in [-0.39, 0.29) is 31.1 Å². The summed E-state index contributed by atoms with van der Waals surface area (Å²) in [6, 6.07) is 0. The first kappa shape index (κ1) is 67.6. The molecule has 0 rings (SSSR count). The van der Waals surface area contributed by atoms with Crippen LogP contribution in [0.3, 0.4) is 0 Å². The monoisotopic (exact) mass is 989 g/mol. The Kier molecular flexibility index (Phi) is 56.3. The summed E-state index contributed by atoms with van der Waals surface area (Å²) in [4.78, 5) is 38.2. The second-order valence-corrected chi connectivity index (χ2v) is 19.9. The van der Waals surface area contributed by atoms with Gasteiger partial charge in [-0.05, 0) is 116 Å². The van der Waals surface area contributed by atoms with Gasteiger partial charge < -0.3 is 14.2 Å². The quantitative estimate of drug-likeness (QED) is 0.0261. The zero-order chi connectivity index (χ0) is 51.4. The molecule has 0 aromatic heterocycles. The molecule has 0 aliphatic heterocycles. The third-order valence-corrected chi connectivity index (χ3v) is 12.9. The first-order chi connectivity index (χ1) is 35.0. The van der Waals surface area contributed by atoms with Crippen molar-refractivity contribution in [1.29, 1.82) is 0 Å². The van der Waals surface area contributed by atoms with Gasteiger partial charge in [0.25, 0.3) is 0 Å². The van der Waals surface area contributed by atoms with Gasteiger partial charge in [-0.3, -0.25) is 14.4 Å². The van der Waals surface area contributed by atoms with Gasteiger partial charge in [-0.25, -0.2) is 0 Å². The van der Waals surface area contributed by atoms with E-state index >= 15 is 0 Å². The highest BCUT2D eigenvalue weighted by Gasteiger charge is 2.19. The van der Waals surface area contributed by atoms with Gasteiger partial charge in [-0.15, -0.1) is 0 Å². The standard InChI is InChI=1S/C65H112O6/c1-4-7-10-13-16-19-22-25-27-29-31-32-34-35-37-40-43-46-49-52-55-58-64(67)70-61-62(60-69-63(66)57-54-51-48-45-42-39-24-21-18-15-12-9-6-3)71-65(68)59-56-53-50-47-44-41-38-36-33-30-28-26-23-20-17-14-11-8-5-2/h7,10,16,19,21,24-28,31-32,35,37,62H,4-6,8-9,11-15,17-18,20,22-23,29-30,33-34,36,38-61H2,1-3H3/b10-7-,19-16-,24-21-,27-25-,28-26-,32-31-,37-35-. The number of unbranched alkanes of at least 4 members (excludes halogenated alkanes) is 29. The molecule has 0 fully saturated rings. The number of esters is 3. The van der Waals surface area contributed by atoms with Gasteiger partial charge >= 0.3 is 17.9 Å². The van der Waals surface area contributed by atoms with Crippen molar-refractivity contribution in [2.45, 2.75) is 297 Å². The lowest BCUT2D eigenvalue weighted by Crippen LogP contribution is -2.30. The Morgan fingerprint density at radius 2 is 0.549 bits per heavy atom. The van der Waals surface area contributed by atoms with Crippen LogP contribution in [0.2, 0.25) is 0 Å². The van der Waals surface area contributed by atoms with Crippen LogP contribution in [0, 0.1) is 0 Å². The third-order valence-electron chi connectivity index (χ3n) is 12.9. The fourth-order valence-electron chi connectivity index (χ4n) is 8.34. The number of carbonyl (C=O) groups excluding carboxylic acids is 3. The normalized spacial score (nSPS) is 12.7. The highest BCUT2D eigenvalue weighted by Crippen LogP contribution is 2.15. The van der Waals surface area contributed by atoms with Crippen molar-refractivity contribution in [3.8, 4) is 0 Å². The number of carbonyl (C=O) groups is 3. The minimum atomic E-state index is -0.790. The molecule has 6 heteroatoms. The topological polar surface area (TPSA) is 78.9 Å². The number of allylic oxidation sites excluding steroid dienone is 14. The average Bonchev–Trinajstić information content (AvgIpc) is 3.37. The molecule has 0 bridgehead atoms. The number of rotatable bonds is 54. The Balaban J connectivity index is 4.40. The number of hydrogen-bond donors (Lipinski definition) is 0. The van der Waals surface area contributed by atoms with E-state index in [4.69, 9.17) is 14.2 Å². The summed E-state index contributed by atoms with van der Waals surface area (Å²) in [6.07, 6.45) is 77.1. The molecule has 0 aliphatic carbocycles. The fraction of sp³-hybridized carbons (Fsp3) is 0.738. The molecule has 0 aromatic rings. The summed E-state index contributed by atoms with van der Waals surface area (Å²) in [6.45, 7) is 6.50. The molecular weight excluding hydrogens is 877 g/mol. The van der Waals surface area contributed by atoms with E-state index in [0.717, 1.165) is 116 Å². The van der Waals surface area contributed by atoms with E-state index in [9.17, 15) is 14.4 Å². The van der Waals surface area contributed by atoms with Crippen LogP contribution in [0.5, 0.6) is 0 Å². The molecule has 6 nitrogen and oxygen atoms in total. The molecule has 1 unspecified atom stereocenters. The first-order valence-corrected chi connectivity index (χ1v) is 30.1. The molecule has 408 valence electrons. The van der Waals surface area contributed by atoms with Gasteiger partial charge in [0.05, 0.1) is 0 Å². The second-order valence-electron chi connectivity index (χ2n) is 19.9. The van der Waals surface area contributed by atoms with Gasteiger partial charge in [0.2, 0.25) is 0 Å². The third kappa shape index (κ3) is 57.4. The van der Waals surface area contributed by atoms with Crippen LogP contribution in [0.4, 0.5) is 0 Å². The van der Waals surface area contributed by atoms with Crippen molar-refractivity contribution in [3.63, 3.8) is 0 Å². The molecule has 0 N–H and O–H groups in total. The summed E-state index contributed by atoms with van der Waals surface area (Å²) in [7, 11) is 0. The lowest BCUT2D eigenvalue weighted by Gasteiger charge is -2.18. The zero-order valence-electron chi connectivity index (χ0n) is 46.7. The fourth-order valence-corrected chi connectivity index (χ4v) is 8.34. The predicted octanol–water partition coefficient (Wildman–Crippen LogP) is 20.3. The molecular formula is C65H112O6. The lowest BCUT2D eigenvalue weighted by atomic mass is 10.1. The first-order valence-electron chi connectivity index (χ1n) is 30.1. The highest BCUT2D eigenvalue weighted by molar-refractivity contribution is 5.71. The van der Waals surface area contributed by atoms with E-state index < -0.39 is 6.10 Å². The van der Waals surface area contributed by atoms with Crippen LogP contribution in [-0.4, -0.2) is 37.2 Å². The Morgan fingerprint density at radius 3 is 0.887 bits per heavy atom. The van der Waals surface area contributed by atoms with Crippen molar-refractivity contribution in [2.24, 2.45) is 0 Å². The van der Waals surface area contributed by atoms with Gasteiger partial charge in [0.1, 0.15) is 13.2 Å². The molecule has 0 aliphatic rings. The predicted molar refractivity (Wildman–Crippen MR) is 307 cm³/mol. The van der Waals surface area contributed by atoms with Crippen LogP contribution < -0.4 is 0 Å². The van der Waals surface area contributed by atoms with Crippen molar-refractivity contribution < 1.29 is 28.6 Å². The van der Waals surface area contributed by atoms with Crippen LogP contribution in [0.1, 0.15) is 290 Å². The van der Waals surface area contributed by atoms with Gasteiger partial charge in [-0.2, -0.15) is 0 Å². The molecule has 1 atom stereocenters. The van der Waals surface area contributed by atoms with Crippen molar-refractivity contribution in [1.82, 2.24) is 0 Å². The molecule has 0 aromatic carbocycles. The number of hydrogen-bond acceptors (Lipinski definition) is 6. The zero-order valence-corrected chi connectivity index (χ0v) is 46.7. The molecule has 0 spiro atoms. The largest absolute Gasteiger partial charge is 0.462 e. The highest BCUT2D eigenvalue weighted by atomic mass is 16.6. The smallest absolute Gasteiger partial charge is 0.306 e. The summed E-state index contributed by atoms with van der Waals surface area (Å²) in [5, 5.41) is 0. The maximum absolute atomic E-state index is 12.9. The molecule has 0 heterocycles. The van der Waals surface area contributed by atoms with Crippen LogP contribution in [0.15, 0.2) is 85.1 Å². The van der Waals surface area contributed by atoms with E-state index in [1.807, 2.05) is 0 Å². The maximum atomic E-state index is 12.9. The molecule has 0 saturated heterocycles. The minimum Gasteiger partial charge on any atom is -0.462 e. The van der Waals surface area contributed by atoms with E-state index in [0.29, 0.717) is 19.3 Å². The summed E-state index contributed by atoms with van der Waals surface area (Å²) >= 11 is 0. The summed E-state index contributed by atoms with van der Waals surface area (Å²) < 4.78 is 16.9. The van der Waals surface area contributed by atoms with Gasteiger partial charge in [0, 0.05) is 19.3 Å². The SMILES string of the molecule is CC/C=C\C/C=C\C/C=C\C/C=C\C/C=C\CCCCCCCC(=O)OCC(COC(=O)CCCCCCC/C=C\CCCCCC)OC(=O)CCCCCCCCCCC/C=C\CCCCCCCC. The van der Waals surface area contributed by atoms with Crippen molar-refractivity contribution in [3.05, 3.63) is 85.1 Å². The number of ether oxygens (including phenoxy) is 3. The molecule has 0 amide bonds. The Bertz CT molecular complexity index is 1370. The lowest BCUT2D eigenvalue weighted by molar-refractivity contribution is -0.167. The van der Waals surface area contributed by atoms with Gasteiger partial charge in [0.15, 0.2) is 6.10 Å². The van der Waals surface area contributed by atoms with Crippen LogP contribution in [0.25, 0.3) is 0 Å². The minimum absolute atomic E-state index is 0.0873. The Labute approximate surface area is 439 Å². The van der Waals surface area contributed by atoms with E-state index in [1.165, 1.54) is 135 Å². The molecule has 71 heavy (non-hydrogen) atoms. The Morgan fingerprint density at radius 1 is 0.296 bits per heavy atom. The van der Waals surface area contributed by atoms with E-state index in [2.05, 4.69) is 106 Å². The van der Waals surface area contributed by atoms with Crippen molar-refractivity contribution >= 4 is 17.9 Å². The van der Waals surface area contributed by atoms with E-state index in [1.54, 1.807) is 0 Å². The van der Waals surface area contributed by atoms with Gasteiger partial charge in [-0.1, -0.05) is 241 Å². The summed E-state index contributed by atoms with van der Waals surface area (Å²) in [5.41, 5.74) is 0. The Hall–Kier alpha value is -3.41. The van der Waals surface area contributed by atoms with Crippen LogP contribution >= 0.6 is 0 Å². The molecule has 0 saturated carbocycles. The van der Waals surface area contributed by atoms with Crippen LogP contribution in [-0.2, 0) is 28.6 Å². The molecule has 0 radical (unpaired) electrons. The second kappa shape index (κ2) is 59.2. The maximum Gasteiger partial charge on any atom is 0.306 e. The van der Waals surface area contributed by atoms with Crippen molar-refractivity contribution in [2.75, 3.05) is 13.2 Å². The summed E-state index contributed by atoms with van der Waals surface area (Å²) in [5.74, 6) is -0.909.